The zero-order chi connectivity index (χ0) is 13.3. The molecular weight excluding hydrogens is 258 g/mol. The van der Waals surface area contributed by atoms with Crippen LogP contribution in [0.4, 0.5) is 11.5 Å². The fourth-order valence-corrected chi connectivity index (χ4v) is 1.48. The number of nitrogens with one attached hydrogen (secondary N) is 1. The van der Waals surface area contributed by atoms with Crippen molar-refractivity contribution in [3.8, 4) is 5.75 Å². The molecule has 18 heavy (non-hydrogen) atoms. The molecule has 2 aromatic rings. The van der Waals surface area contributed by atoms with Gasteiger partial charge >= 0.3 is 0 Å². The SMILES string of the molecule is NC(=S)N=Nc1[nH]c2ccc([N+](=O)[O-])cc2c1O. The van der Waals surface area contributed by atoms with Gasteiger partial charge in [-0.05, 0) is 18.3 Å². The van der Waals surface area contributed by atoms with E-state index in [9.17, 15) is 15.2 Å². The van der Waals surface area contributed by atoms with Crippen molar-refractivity contribution >= 4 is 39.7 Å². The molecule has 0 amide bonds. The third kappa shape index (κ3) is 2.11. The molecule has 1 aromatic carbocycles. The summed E-state index contributed by atoms with van der Waals surface area (Å²) < 4.78 is 0. The van der Waals surface area contributed by atoms with Crippen molar-refractivity contribution in [3.63, 3.8) is 0 Å². The fraction of sp³-hybridized carbons (Fsp3) is 0. The molecule has 0 unspecified atom stereocenters. The van der Waals surface area contributed by atoms with Crippen LogP contribution < -0.4 is 5.73 Å². The number of fused-ring (bicyclic) bond motifs is 1. The molecule has 0 radical (unpaired) electrons. The number of hydrogen-bond acceptors (Lipinski definition) is 5. The molecule has 0 aliphatic heterocycles. The topological polar surface area (TPSA) is 130 Å². The van der Waals surface area contributed by atoms with Crippen molar-refractivity contribution in [2.75, 3.05) is 0 Å². The van der Waals surface area contributed by atoms with Gasteiger partial charge in [-0.2, -0.15) is 0 Å². The lowest BCUT2D eigenvalue weighted by Gasteiger charge is -1.91. The number of benzene rings is 1. The molecule has 2 rings (SSSR count). The highest BCUT2D eigenvalue weighted by Gasteiger charge is 2.14. The number of nitro benzene ring substituents is 1. The summed E-state index contributed by atoms with van der Waals surface area (Å²) in [6.45, 7) is 0. The molecule has 92 valence electrons. The number of nitrogens with two attached hydrogens (primary N) is 1. The number of rotatable bonds is 2. The van der Waals surface area contributed by atoms with E-state index >= 15 is 0 Å². The monoisotopic (exact) mass is 265 g/mol. The highest BCUT2D eigenvalue weighted by Crippen LogP contribution is 2.36. The summed E-state index contributed by atoms with van der Waals surface area (Å²) in [6.07, 6.45) is 0. The summed E-state index contributed by atoms with van der Waals surface area (Å²) >= 11 is 4.51. The lowest BCUT2D eigenvalue weighted by Crippen LogP contribution is -2.01. The normalized spacial score (nSPS) is 11.1. The van der Waals surface area contributed by atoms with E-state index in [0.29, 0.717) is 5.52 Å². The highest BCUT2D eigenvalue weighted by atomic mass is 32.1. The second-order valence-electron chi connectivity index (χ2n) is 3.35. The summed E-state index contributed by atoms with van der Waals surface area (Å²) in [7, 11) is 0. The molecule has 8 nitrogen and oxygen atoms in total. The Bertz CT molecular complexity index is 678. The molecule has 0 spiro atoms. The zero-order valence-electron chi connectivity index (χ0n) is 8.82. The zero-order valence-corrected chi connectivity index (χ0v) is 9.64. The van der Waals surface area contributed by atoms with Crippen LogP contribution in [0.1, 0.15) is 0 Å². The molecule has 1 heterocycles. The van der Waals surface area contributed by atoms with E-state index in [0.717, 1.165) is 0 Å². The van der Waals surface area contributed by atoms with Crippen LogP contribution in [0, 0.1) is 10.1 Å². The van der Waals surface area contributed by atoms with Gasteiger partial charge in [0.1, 0.15) is 0 Å². The Balaban J connectivity index is 2.56. The van der Waals surface area contributed by atoms with Gasteiger partial charge < -0.3 is 15.8 Å². The quantitative estimate of drug-likeness (QED) is 0.331. The molecule has 0 aliphatic carbocycles. The summed E-state index contributed by atoms with van der Waals surface area (Å²) in [4.78, 5) is 12.8. The maximum Gasteiger partial charge on any atom is 0.270 e. The summed E-state index contributed by atoms with van der Waals surface area (Å²) in [6, 6.07) is 4.01. The lowest BCUT2D eigenvalue weighted by molar-refractivity contribution is -0.384. The first-order chi connectivity index (χ1) is 8.49. The smallest absolute Gasteiger partial charge is 0.270 e. The first-order valence-electron chi connectivity index (χ1n) is 4.69. The number of nitro groups is 1. The predicted molar refractivity (Wildman–Crippen MR) is 67.9 cm³/mol. The number of aromatic amines is 1. The standard InChI is InChI=1S/C9H7N5O3S/c10-9(18)13-12-8-7(15)5-3-4(14(16)17)1-2-6(5)11-8/h1-3,11,15H,(H2,10,18). The van der Waals surface area contributed by atoms with Gasteiger partial charge in [0.05, 0.1) is 15.8 Å². The average molecular weight is 265 g/mol. The van der Waals surface area contributed by atoms with Gasteiger partial charge in [-0.3, -0.25) is 10.1 Å². The van der Waals surface area contributed by atoms with Gasteiger partial charge in [-0.25, -0.2) is 0 Å². The van der Waals surface area contributed by atoms with E-state index in [1.165, 1.54) is 18.2 Å². The molecule has 0 fully saturated rings. The van der Waals surface area contributed by atoms with Gasteiger partial charge in [0, 0.05) is 12.1 Å². The molecular formula is C9H7N5O3S. The lowest BCUT2D eigenvalue weighted by atomic mass is 10.2. The van der Waals surface area contributed by atoms with Crippen LogP contribution in [0.5, 0.6) is 5.75 Å². The average Bonchev–Trinajstić information content (AvgIpc) is 2.63. The maximum absolute atomic E-state index is 10.6. The number of nitrogens with zero attached hydrogens (tertiary/aromatic N) is 3. The number of azo groups is 1. The van der Waals surface area contributed by atoms with Gasteiger partial charge in [-0.15, -0.1) is 10.2 Å². The number of thiocarbonyl (C=S) groups is 1. The third-order valence-electron chi connectivity index (χ3n) is 2.20. The van der Waals surface area contributed by atoms with Gasteiger partial charge in [0.15, 0.2) is 11.6 Å². The van der Waals surface area contributed by atoms with Crippen molar-refractivity contribution in [2.24, 2.45) is 16.0 Å². The van der Waals surface area contributed by atoms with E-state index < -0.39 is 4.92 Å². The molecule has 1 aromatic heterocycles. The van der Waals surface area contributed by atoms with E-state index in [1.807, 2.05) is 0 Å². The second kappa shape index (κ2) is 4.37. The minimum absolute atomic E-state index is 0.0401. The molecule has 0 saturated heterocycles. The summed E-state index contributed by atoms with van der Waals surface area (Å²) in [5.41, 5.74) is 5.50. The van der Waals surface area contributed by atoms with Crippen LogP contribution in [-0.2, 0) is 0 Å². The third-order valence-corrected chi connectivity index (χ3v) is 2.28. The summed E-state index contributed by atoms with van der Waals surface area (Å²) in [5.74, 6) is -0.202. The van der Waals surface area contributed by atoms with E-state index in [-0.39, 0.29) is 27.8 Å². The van der Waals surface area contributed by atoms with Crippen LogP contribution in [0.2, 0.25) is 0 Å². The Kier molecular flexibility index (Phi) is 2.90. The Hall–Kier alpha value is -2.55. The van der Waals surface area contributed by atoms with Crippen molar-refractivity contribution < 1.29 is 10.0 Å². The van der Waals surface area contributed by atoms with Crippen LogP contribution >= 0.6 is 12.2 Å². The number of H-pyrrole nitrogens is 1. The number of non-ortho nitro benzene ring substituents is 1. The van der Waals surface area contributed by atoms with E-state index in [2.05, 4.69) is 27.4 Å². The molecule has 0 bridgehead atoms. The van der Waals surface area contributed by atoms with Gasteiger partial charge in [0.25, 0.3) is 5.69 Å². The second-order valence-corrected chi connectivity index (χ2v) is 3.77. The van der Waals surface area contributed by atoms with Gasteiger partial charge in [0.2, 0.25) is 5.11 Å². The maximum atomic E-state index is 10.6. The van der Waals surface area contributed by atoms with Crippen molar-refractivity contribution in [1.29, 1.82) is 0 Å². The largest absolute Gasteiger partial charge is 0.504 e. The molecule has 0 saturated carbocycles. The van der Waals surface area contributed by atoms with Crippen molar-refractivity contribution in [2.45, 2.75) is 0 Å². The molecule has 9 heteroatoms. The Labute approximate surface area is 105 Å². The molecule has 4 N–H and O–H groups in total. The number of aromatic hydroxyl groups is 1. The van der Waals surface area contributed by atoms with Crippen LogP contribution in [0.15, 0.2) is 28.4 Å². The van der Waals surface area contributed by atoms with Crippen LogP contribution in [0.3, 0.4) is 0 Å². The van der Waals surface area contributed by atoms with Crippen LogP contribution in [0.25, 0.3) is 10.9 Å². The fourth-order valence-electron chi connectivity index (χ4n) is 1.44. The summed E-state index contributed by atoms with van der Waals surface area (Å²) in [5, 5.41) is 27.5. The Morgan fingerprint density at radius 1 is 1.56 bits per heavy atom. The molecule has 0 atom stereocenters. The van der Waals surface area contributed by atoms with Crippen LogP contribution in [-0.4, -0.2) is 20.1 Å². The highest BCUT2D eigenvalue weighted by molar-refractivity contribution is 7.80. The Morgan fingerprint density at radius 2 is 2.28 bits per heavy atom. The number of hydrogen-bond donors (Lipinski definition) is 3. The Morgan fingerprint density at radius 3 is 2.89 bits per heavy atom. The van der Waals surface area contributed by atoms with Crippen molar-refractivity contribution in [1.82, 2.24) is 4.98 Å². The molecule has 0 aliphatic rings. The van der Waals surface area contributed by atoms with E-state index in [4.69, 9.17) is 5.73 Å². The predicted octanol–water partition coefficient (Wildman–Crippen LogP) is 2.11. The number of aromatic nitrogens is 1. The van der Waals surface area contributed by atoms with E-state index in [1.54, 1.807) is 0 Å². The minimum Gasteiger partial charge on any atom is -0.504 e. The van der Waals surface area contributed by atoms with Crippen molar-refractivity contribution in [3.05, 3.63) is 28.3 Å². The van der Waals surface area contributed by atoms with Gasteiger partial charge in [-0.1, -0.05) is 0 Å². The first-order valence-corrected chi connectivity index (χ1v) is 5.10. The first kappa shape index (κ1) is 11.9. The minimum atomic E-state index is -0.553.